The molecule has 2 amide bonds. The smallest absolute Gasteiger partial charge is 0.251 e. The zero-order chi connectivity index (χ0) is 13.9. The lowest BCUT2D eigenvalue weighted by Gasteiger charge is -2.07. The molecule has 0 fully saturated rings. The molecule has 0 aliphatic heterocycles. The topological polar surface area (TPSA) is 76.7 Å². The second kappa shape index (κ2) is 9.29. The molecule has 6 heteroatoms. The van der Waals surface area contributed by atoms with Gasteiger partial charge in [-0.2, -0.15) is 0 Å². The molecule has 0 bridgehead atoms. The molecule has 1 rings (SSSR count). The van der Waals surface area contributed by atoms with Crippen LogP contribution in [0, 0.1) is 0 Å². The van der Waals surface area contributed by atoms with Gasteiger partial charge in [0, 0.05) is 19.2 Å². The summed E-state index contributed by atoms with van der Waals surface area (Å²) in [5.74, 6) is -0.238. The second-order valence-corrected chi connectivity index (χ2v) is 3.89. The van der Waals surface area contributed by atoms with Gasteiger partial charge >= 0.3 is 0 Å². The van der Waals surface area contributed by atoms with Gasteiger partial charge in [0.15, 0.2) is 0 Å². The molecule has 0 heterocycles. The molecule has 0 spiro atoms. The Morgan fingerprint density at radius 3 is 2.74 bits per heavy atom. The minimum absolute atomic E-state index is 0.0388. The van der Waals surface area contributed by atoms with E-state index in [1.807, 2.05) is 18.2 Å². The molecule has 6 nitrogen and oxygen atoms in total. The van der Waals surface area contributed by atoms with E-state index in [9.17, 15) is 9.59 Å². The predicted molar refractivity (Wildman–Crippen MR) is 70.6 cm³/mol. The van der Waals surface area contributed by atoms with Crippen molar-refractivity contribution in [3.8, 4) is 0 Å². The summed E-state index contributed by atoms with van der Waals surface area (Å²) < 4.78 is 10.3. The fraction of sp³-hybridized carbons (Fsp3) is 0.538. The van der Waals surface area contributed by atoms with Crippen molar-refractivity contribution in [1.82, 2.24) is 10.6 Å². The third kappa shape index (κ3) is 6.73. The highest BCUT2D eigenvalue weighted by molar-refractivity contribution is 5.96. The van der Waals surface area contributed by atoms with Gasteiger partial charge in [-0.25, -0.2) is 0 Å². The number of rotatable bonds is 9. The Balaban J connectivity index is 1.90. The van der Waals surface area contributed by atoms with Crippen LogP contribution in [0.15, 0.2) is 23.8 Å². The van der Waals surface area contributed by atoms with Crippen molar-refractivity contribution in [3.05, 3.63) is 23.8 Å². The first-order valence-corrected chi connectivity index (χ1v) is 6.25. The Labute approximate surface area is 112 Å². The number of hydrogen-bond acceptors (Lipinski definition) is 4. The summed E-state index contributed by atoms with van der Waals surface area (Å²) in [6, 6.07) is 0. The fourth-order valence-corrected chi connectivity index (χ4v) is 1.42. The van der Waals surface area contributed by atoms with Gasteiger partial charge in [0.05, 0.1) is 19.8 Å². The third-order valence-corrected chi connectivity index (χ3v) is 2.45. The van der Waals surface area contributed by atoms with E-state index in [0.29, 0.717) is 31.9 Å². The van der Waals surface area contributed by atoms with Gasteiger partial charge in [-0.05, 0) is 6.42 Å². The van der Waals surface area contributed by atoms with E-state index in [-0.39, 0.29) is 18.4 Å². The largest absolute Gasteiger partial charge is 0.377 e. The van der Waals surface area contributed by atoms with Crippen molar-refractivity contribution in [1.29, 1.82) is 0 Å². The van der Waals surface area contributed by atoms with Gasteiger partial charge < -0.3 is 20.1 Å². The molecule has 0 atom stereocenters. The molecule has 0 aromatic heterocycles. The molecule has 0 aromatic carbocycles. The summed E-state index contributed by atoms with van der Waals surface area (Å²) in [5, 5.41) is 5.21. The summed E-state index contributed by atoms with van der Waals surface area (Å²) in [7, 11) is 1.56. The number of hydrogen-bond donors (Lipinski definition) is 2. The van der Waals surface area contributed by atoms with Crippen molar-refractivity contribution in [2.24, 2.45) is 0 Å². The number of likely N-dealkylation sites (N-methyl/N-ethyl adjacent to an activating group) is 1. The monoisotopic (exact) mass is 268 g/mol. The molecule has 0 unspecified atom stereocenters. The predicted octanol–water partition coefficient (Wildman–Crippen LogP) is -0.232. The van der Waals surface area contributed by atoms with Crippen LogP contribution < -0.4 is 10.6 Å². The number of ether oxygens (including phenoxy) is 2. The number of allylic oxidation sites excluding steroid dienone is 2. The summed E-state index contributed by atoms with van der Waals surface area (Å²) in [6.07, 6.45) is 6.45. The lowest BCUT2D eigenvalue weighted by atomic mass is 10.3. The van der Waals surface area contributed by atoms with E-state index >= 15 is 0 Å². The third-order valence-electron chi connectivity index (χ3n) is 2.45. The maximum atomic E-state index is 11.5. The first kappa shape index (κ1) is 15.4. The Bertz CT molecular complexity index is 364. The molecular weight excluding hydrogens is 248 g/mol. The van der Waals surface area contributed by atoms with Gasteiger partial charge in [-0.1, -0.05) is 18.2 Å². The molecule has 1 aliphatic carbocycles. The Kier molecular flexibility index (Phi) is 7.53. The SMILES string of the molecule is CNC(=O)COCCOCCNC(=O)C1=CCC=C1. The van der Waals surface area contributed by atoms with Crippen molar-refractivity contribution in [2.75, 3.05) is 40.0 Å². The molecule has 0 radical (unpaired) electrons. The Morgan fingerprint density at radius 1 is 1.26 bits per heavy atom. The number of carbonyl (C=O) groups is 2. The van der Waals surface area contributed by atoms with Crippen LogP contribution in [0.25, 0.3) is 0 Å². The van der Waals surface area contributed by atoms with Gasteiger partial charge in [-0.3, -0.25) is 9.59 Å². The van der Waals surface area contributed by atoms with Crippen LogP contribution in [0.4, 0.5) is 0 Å². The van der Waals surface area contributed by atoms with Crippen LogP contribution in [0.5, 0.6) is 0 Å². The van der Waals surface area contributed by atoms with Crippen LogP contribution in [-0.4, -0.2) is 51.8 Å². The van der Waals surface area contributed by atoms with E-state index in [1.54, 1.807) is 7.05 Å². The van der Waals surface area contributed by atoms with Crippen molar-refractivity contribution < 1.29 is 19.1 Å². The highest BCUT2D eigenvalue weighted by atomic mass is 16.5. The van der Waals surface area contributed by atoms with Gasteiger partial charge in [0.25, 0.3) is 5.91 Å². The standard InChI is InChI=1S/C13H20N2O4/c1-14-12(16)10-19-9-8-18-7-6-15-13(17)11-4-2-3-5-11/h2,4-5H,3,6-10H2,1H3,(H,14,16)(H,15,17). The van der Waals surface area contributed by atoms with Crippen molar-refractivity contribution in [2.45, 2.75) is 6.42 Å². The Hall–Kier alpha value is -1.66. The maximum absolute atomic E-state index is 11.5. The van der Waals surface area contributed by atoms with Crippen LogP contribution in [0.1, 0.15) is 6.42 Å². The zero-order valence-corrected chi connectivity index (χ0v) is 11.1. The molecule has 0 aromatic rings. The molecule has 106 valence electrons. The zero-order valence-electron chi connectivity index (χ0n) is 11.1. The molecule has 0 saturated carbocycles. The summed E-state index contributed by atoms with van der Waals surface area (Å²) in [6.45, 7) is 1.67. The first-order chi connectivity index (χ1) is 9.24. The number of nitrogens with one attached hydrogen (secondary N) is 2. The fourth-order valence-electron chi connectivity index (χ4n) is 1.42. The van der Waals surface area contributed by atoms with Gasteiger partial charge in [0.2, 0.25) is 5.91 Å². The average molecular weight is 268 g/mol. The Morgan fingerprint density at radius 2 is 2.05 bits per heavy atom. The van der Waals surface area contributed by atoms with E-state index in [4.69, 9.17) is 9.47 Å². The second-order valence-electron chi connectivity index (χ2n) is 3.89. The normalized spacial score (nSPS) is 13.2. The van der Waals surface area contributed by atoms with Crippen LogP contribution in [-0.2, 0) is 19.1 Å². The van der Waals surface area contributed by atoms with Crippen molar-refractivity contribution in [3.63, 3.8) is 0 Å². The van der Waals surface area contributed by atoms with E-state index in [1.165, 1.54) is 0 Å². The highest BCUT2D eigenvalue weighted by Gasteiger charge is 2.07. The maximum Gasteiger partial charge on any atom is 0.251 e. The van der Waals surface area contributed by atoms with Gasteiger partial charge in [-0.15, -0.1) is 0 Å². The number of carbonyl (C=O) groups excluding carboxylic acids is 2. The van der Waals surface area contributed by atoms with Crippen LogP contribution in [0.3, 0.4) is 0 Å². The van der Waals surface area contributed by atoms with Gasteiger partial charge in [0.1, 0.15) is 6.61 Å². The lowest BCUT2D eigenvalue weighted by Crippen LogP contribution is -2.28. The molecule has 19 heavy (non-hydrogen) atoms. The number of amides is 2. The summed E-state index contributed by atoms with van der Waals surface area (Å²) in [4.78, 5) is 22.3. The first-order valence-electron chi connectivity index (χ1n) is 6.25. The minimum Gasteiger partial charge on any atom is -0.377 e. The quantitative estimate of drug-likeness (QED) is 0.566. The van der Waals surface area contributed by atoms with E-state index in [0.717, 1.165) is 6.42 Å². The van der Waals surface area contributed by atoms with Crippen molar-refractivity contribution >= 4 is 11.8 Å². The average Bonchev–Trinajstić information content (AvgIpc) is 2.95. The minimum atomic E-state index is -0.162. The molecule has 2 N–H and O–H groups in total. The summed E-state index contributed by atoms with van der Waals surface area (Å²) >= 11 is 0. The van der Waals surface area contributed by atoms with E-state index < -0.39 is 0 Å². The van der Waals surface area contributed by atoms with Crippen LogP contribution >= 0.6 is 0 Å². The van der Waals surface area contributed by atoms with Crippen LogP contribution in [0.2, 0.25) is 0 Å². The lowest BCUT2D eigenvalue weighted by molar-refractivity contribution is -0.125. The molecular formula is C13H20N2O4. The molecule has 1 aliphatic rings. The highest BCUT2D eigenvalue weighted by Crippen LogP contribution is 2.07. The summed E-state index contributed by atoms with van der Waals surface area (Å²) in [5.41, 5.74) is 0.703. The molecule has 0 saturated heterocycles. The van der Waals surface area contributed by atoms with E-state index in [2.05, 4.69) is 10.6 Å².